The molecule has 0 saturated heterocycles. The van der Waals surface area contributed by atoms with Crippen LogP contribution in [0.5, 0.6) is 0 Å². The largest absolute Gasteiger partial charge is 0.444 e. The number of halogens is 2. The van der Waals surface area contributed by atoms with Crippen LogP contribution in [-0.2, 0) is 4.74 Å². The van der Waals surface area contributed by atoms with E-state index >= 15 is 0 Å². The molecule has 0 aliphatic rings. The first-order chi connectivity index (χ1) is 8.33. The zero-order chi connectivity index (χ0) is 13.8. The van der Waals surface area contributed by atoms with Crippen LogP contribution < -0.4 is 5.32 Å². The van der Waals surface area contributed by atoms with Crippen LogP contribution in [0, 0.1) is 5.82 Å². The predicted molar refractivity (Wildman–Crippen MR) is 71.1 cm³/mol. The molecule has 0 saturated carbocycles. The summed E-state index contributed by atoms with van der Waals surface area (Å²) in [6, 6.07) is 4.41. The Morgan fingerprint density at radius 3 is 2.67 bits per heavy atom. The van der Waals surface area contributed by atoms with Crippen molar-refractivity contribution in [2.24, 2.45) is 0 Å². The fourth-order valence-electron chi connectivity index (χ4n) is 1.29. The molecule has 0 aliphatic carbocycles. The first-order valence-electron chi connectivity index (χ1n) is 5.39. The molecule has 1 rings (SSSR count). The molecule has 0 bridgehead atoms. The normalized spacial score (nSPS) is 11.6. The third-order valence-electron chi connectivity index (χ3n) is 1.91. The van der Waals surface area contributed by atoms with Crippen molar-refractivity contribution in [3.05, 3.63) is 35.1 Å². The summed E-state index contributed by atoms with van der Waals surface area (Å²) < 4.78 is 18.7. The highest BCUT2D eigenvalue weighted by molar-refractivity contribution is 6.27. The highest BCUT2D eigenvalue weighted by Gasteiger charge is 2.18. The number of hydrogen-bond donors (Lipinski definition) is 1. The number of benzene rings is 1. The second kappa shape index (κ2) is 5.87. The van der Waals surface area contributed by atoms with E-state index in [1.807, 2.05) is 0 Å². The van der Waals surface area contributed by atoms with Gasteiger partial charge in [-0.3, -0.25) is 5.32 Å². The molecule has 0 unspecified atom stereocenters. The van der Waals surface area contributed by atoms with Gasteiger partial charge in [0.05, 0.1) is 5.69 Å². The quantitative estimate of drug-likeness (QED) is 0.867. The van der Waals surface area contributed by atoms with E-state index in [1.165, 1.54) is 23.7 Å². The smallest absolute Gasteiger partial charge is 0.412 e. The van der Waals surface area contributed by atoms with Gasteiger partial charge in [0.25, 0.3) is 0 Å². The number of hydrogen-bond acceptors (Lipinski definition) is 2. The lowest BCUT2D eigenvalue weighted by Gasteiger charge is -2.20. The Morgan fingerprint density at radius 1 is 1.44 bits per heavy atom. The van der Waals surface area contributed by atoms with Crippen molar-refractivity contribution < 1.29 is 13.9 Å². The van der Waals surface area contributed by atoms with Gasteiger partial charge in [-0.15, -0.1) is 0 Å². The second-order valence-electron chi connectivity index (χ2n) is 4.62. The number of ether oxygens (including phenoxy) is 1. The van der Waals surface area contributed by atoms with E-state index in [9.17, 15) is 9.18 Å². The van der Waals surface area contributed by atoms with Crippen molar-refractivity contribution in [1.82, 2.24) is 0 Å². The summed E-state index contributed by atoms with van der Waals surface area (Å²) in [6.45, 7) is 5.19. The monoisotopic (exact) mass is 271 g/mol. The SMILES string of the molecule is CC(C)(C)OC(=O)Nc1c(F)cccc1/C=C/Cl. The molecule has 1 N–H and O–H groups in total. The maximum atomic E-state index is 13.6. The Bertz CT molecular complexity index is 467. The van der Waals surface area contributed by atoms with E-state index < -0.39 is 17.5 Å². The number of amides is 1. The average Bonchev–Trinajstić information content (AvgIpc) is 2.21. The van der Waals surface area contributed by atoms with Crippen LogP contribution in [-0.4, -0.2) is 11.7 Å². The highest BCUT2D eigenvalue weighted by atomic mass is 35.5. The van der Waals surface area contributed by atoms with Gasteiger partial charge in [0.1, 0.15) is 11.4 Å². The molecule has 0 atom stereocenters. The summed E-state index contributed by atoms with van der Waals surface area (Å²) >= 11 is 5.46. The molecule has 1 aromatic rings. The maximum Gasteiger partial charge on any atom is 0.412 e. The summed E-state index contributed by atoms with van der Waals surface area (Å²) in [4.78, 5) is 11.6. The fourth-order valence-corrected chi connectivity index (χ4v) is 1.42. The Hall–Kier alpha value is -1.55. The Morgan fingerprint density at radius 2 is 2.11 bits per heavy atom. The third-order valence-corrected chi connectivity index (χ3v) is 2.04. The van der Waals surface area contributed by atoms with Crippen molar-refractivity contribution in [3.63, 3.8) is 0 Å². The van der Waals surface area contributed by atoms with Crippen LogP contribution in [0.25, 0.3) is 6.08 Å². The molecule has 0 aromatic heterocycles. The van der Waals surface area contributed by atoms with Crippen LogP contribution in [0.3, 0.4) is 0 Å². The standard InChI is InChI=1S/C13H15ClFNO2/c1-13(2,3)18-12(17)16-11-9(7-8-14)5-4-6-10(11)15/h4-8H,1-3H3,(H,16,17)/b8-7+. The molecule has 1 amide bonds. The van der Waals surface area contributed by atoms with E-state index in [-0.39, 0.29) is 5.69 Å². The molecule has 5 heteroatoms. The van der Waals surface area contributed by atoms with Crippen LogP contribution in [0.1, 0.15) is 26.3 Å². The number of nitrogens with one attached hydrogen (secondary N) is 1. The minimum Gasteiger partial charge on any atom is -0.444 e. The molecule has 0 heterocycles. The van der Waals surface area contributed by atoms with E-state index in [4.69, 9.17) is 16.3 Å². The average molecular weight is 272 g/mol. The van der Waals surface area contributed by atoms with Gasteiger partial charge in [-0.05, 0) is 32.9 Å². The van der Waals surface area contributed by atoms with Gasteiger partial charge < -0.3 is 4.74 Å². The van der Waals surface area contributed by atoms with Crippen LogP contribution in [0.2, 0.25) is 0 Å². The lowest BCUT2D eigenvalue weighted by atomic mass is 10.1. The summed E-state index contributed by atoms with van der Waals surface area (Å²) in [5.74, 6) is -0.548. The molecule has 0 aliphatic heterocycles. The van der Waals surface area contributed by atoms with Gasteiger partial charge in [0.15, 0.2) is 0 Å². The number of para-hydroxylation sites is 1. The lowest BCUT2D eigenvalue weighted by molar-refractivity contribution is 0.0635. The van der Waals surface area contributed by atoms with Gasteiger partial charge in [0.2, 0.25) is 0 Å². The second-order valence-corrected chi connectivity index (χ2v) is 4.88. The molecule has 3 nitrogen and oxygen atoms in total. The minimum atomic E-state index is -0.711. The number of carbonyl (C=O) groups excluding carboxylic acids is 1. The summed E-state index contributed by atoms with van der Waals surface area (Å²) in [5, 5.41) is 2.37. The van der Waals surface area contributed by atoms with E-state index in [1.54, 1.807) is 26.8 Å². The molecule has 0 fully saturated rings. The fraction of sp³-hybridized carbons (Fsp3) is 0.308. The first-order valence-corrected chi connectivity index (χ1v) is 5.82. The molecular formula is C13H15ClFNO2. The van der Waals surface area contributed by atoms with Crippen molar-refractivity contribution in [3.8, 4) is 0 Å². The first kappa shape index (κ1) is 14.5. The van der Waals surface area contributed by atoms with Gasteiger partial charge in [-0.25, -0.2) is 9.18 Å². The molecular weight excluding hydrogens is 257 g/mol. The van der Waals surface area contributed by atoms with Crippen molar-refractivity contribution in [2.75, 3.05) is 5.32 Å². The molecule has 0 radical (unpaired) electrons. The summed E-state index contributed by atoms with van der Waals surface area (Å²) in [5.41, 5.74) is 1.12. The van der Waals surface area contributed by atoms with Crippen LogP contribution in [0.4, 0.5) is 14.9 Å². The molecule has 0 spiro atoms. The van der Waals surface area contributed by atoms with Gasteiger partial charge in [-0.1, -0.05) is 23.7 Å². The summed E-state index contributed by atoms with van der Waals surface area (Å²) in [7, 11) is 0. The number of rotatable bonds is 2. The zero-order valence-corrected chi connectivity index (χ0v) is 11.2. The Labute approximate surface area is 111 Å². The van der Waals surface area contributed by atoms with Crippen LogP contribution >= 0.6 is 11.6 Å². The van der Waals surface area contributed by atoms with Crippen LogP contribution in [0.15, 0.2) is 23.7 Å². The predicted octanol–water partition coefficient (Wildman–Crippen LogP) is 4.38. The van der Waals surface area contributed by atoms with E-state index in [2.05, 4.69) is 5.32 Å². The number of anilines is 1. The molecule has 98 valence electrons. The van der Waals surface area contributed by atoms with Gasteiger partial charge >= 0.3 is 6.09 Å². The lowest BCUT2D eigenvalue weighted by Crippen LogP contribution is -2.27. The summed E-state index contributed by atoms with van der Waals surface area (Å²) in [6.07, 6.45) is 0.772. The molecule has 18 heavy (non-hydrogen) atoms. The zero-order valence-electron chi connectivity index (χ0n) is 10.5. The van der Waals surface area contributed by atoms with Gasteiger partial charge in [0, 0.05) is 11.1 Å². The van der Waals surface area contributed by atoms with Gasteiger partial charge in [-0.2, -0.15) is 0 Å². The Kier molecular flexibility index (Phi) is 4.73. The van der Waals surface area contributed by atoms with Crippen molar-refractivity contribution in [1.29, 1.82) is 0 Å². The maximum absolute atomic E-state index is 13.6. The van der Waals surface area contributed by atoms with E-state index in [0.29, 0.717) is 5.56 Å². The minimum absolute atomic E-state index is 0.0450. The highest BCUT2D eigenvalue weighted by Crippen LogP contribution is 2.22. The Balaban J connectivity index is 2.93. The van der Waals surface area contributed by atoms with Crippen molar-refractivity contribution >= 4 is 29.5 Å². The van der Waals surface area contributed by atoms with Crippen molar-refractivity contribution in [2.45, 2.75) is 26.4 Å². The van der Waals surface area contributed by atoms with E-state index in [0.717, 1.165) is 0 Å². The topological polar surface area (TPSA) is 38.3 Å². The molecule has 1 aromatic carbocycles. The number of carbonyl (C=O) groups is 1. The third kappa shape index (κ3) is 4.37.